The molecule has 4 heteroatoms. The highest BCUT2D eigenvalue weighted by Gasteiger charge is 2.34. The van der Waals surface area contributed by atoms with Gasteiger partial charge in [0, 0.05) is 0 Å². The van der Waals surface area contributed by atoms with Crippen molar-refractivity contribution in [1.82, 2.24) is 9.36 Å². The number of benzene rings is 1. The molecule has 0 spiro atoms. The Labute approximate surface area is 96.4 Å². The van der Waals surface area contributed by atoms with Gasteiger partial charge >= 0.3 is 0 Å². The molecular weight excluding hydrogens is 216 g/mol. The zero-order valence-electron chi connectivity index (χ0n) is 9.04. The summed E-state index contributed by atoms with van der Waals surface area (Å²) < 4.78 is 3.21. The molecule has 2 atom stereocenters. The van der Waals surface area contributed by atoms with Crippen LogP contribution in [0.5, 0.6) is 0 Å². The molecule has 0 fully saturated rings. The van der Waals surface area contributed by atoms with E-state index in [2.05, 4.69) is 0 Å². The summed E-state index contributed by atoms with van der Waals surface area (Å²) in [6.07, 6.45) is 4.87. The van der Waals surface area contributed by atoms with Crippen LogP contribution in [-0.4, -0.2) is 9.36 Å². The molecule has 84 valence electrons. The Kier molecular flexibility index (Phi) is 1.46. The molecular formula is C13H10N2O2. The van der Waals surface area contributed by atoms with Crippen LogP contribution in [0.1, 0.15) is 18.5 Å². The third-order valence-corrected chi connectivity index (χ3v) is 3.70. The Balaban J connectivity index is 2.29. The molecule has 0 amide bonds. The van der Waals surface area contributed by atoms with Crippen LogP contribution < -0.4 is 11.1 Å². The quantitative estimate of drug-likeness (QED) is 0.634. The third-order valence-electron chi connectivity index (χ3n) is 3.70. The topological polar surface area (TPSA) is 44.0 Å². The standard InChI is InChI=1S/C13H10N2O2/c16-12-10-3-1-2-4-11(10)13(17)15-9-6-5-8(7-9)14(12)15/h1-6,8-9H,7H2. The summed E-state index contributed by atoms with van der Waals surface area (Å²) in [6, 6.07) is 7.16. The minimum atomic E-state index is -0.0583. The van der Waals surface area contributed by atoms with Crippen LogP contribution in [0.2, 0.25) is 0 Å². The maximum atomic E-state index is 12.3. The van der Waals surface area contributed by atoms with Crippen LogP contribution in [0.4, 0.5) is 0 Å². The number of rotatable bonds is 0. The van der Waals surface area contributed by atoms with Gasteiger partial charge in [0.05, 0.1) is 22.9 Å². The smallest absolute Gasteiger partial charge is 0.267 e. The number of fused-ring (bicyclic) bond motifs is 6. The van der Waals surface area contributed by atoms with Gasteiger partial charge in [-0.25, -0.2) is 9.36 Å². The van der Waals surface area contributed by atoms with Crippen molar-refractivity contribution < 1.29 is 0 Å². The van der Waals surface area contributed by atoms with E-state index in [0.717, 1.165) is 6.42 Å². The maximum Gasteiger partial charge on any atom is 0.273 e. The lowest BCUT2D eigenvalue weighted by Crippen LogP contribution is -2.37. The van der Waals surface area contributed by atoms with Gasteiger partial charge in [-0.15, -0.1) is 0 Å². The van der Waals surface area contributed by atoms with E-state index in [9.17, 15) is 9.59 Å². The minimum Gasteiger partial charge on any atom is -0.267 e. The van der Waals surface area contributed by atoms with Crippen molar-refractivity contribution in [2.24, 2.45) is 0 Å². The van der Waals surface area contributed by atoms with Gasteiger partial charge in [-0.2, -0.15) is 0 Å². The van der Waals surface area contributed by atoms with Crippen molar-refractivity contribution in [3.05, 3.63) is 57.1 Å². The van der Waals surface area contributed by atoms with Gasteiger partial charge in [-0.3, -0.25) is 9.59 Å². The summed E-state index contributed by atoms with van der Waals surface area (Å²) in [6.45, 7) is 0. The van der Waals surface area contributed by atoms with E-state index in [-0.39, 0.29) is 23.2 Å². The molecule has 1 aliphatic carbocycles. The second-order valence-corrected chi connectivity index (χ2v) is 4.60. The number of aromatic nitrogens is 2. The predicted octanol–water partition coefficient (Wildman–Crippen LogP) is 1.22. The van der Waals surface area contributed by atoms with Crippen LogP contribution in [-0.2, 0) is 0 Å². The van der Waals surface area contributed by atoms with Crippen molar-refractivity contribution in [2.45, 2.75) is 18.5 Å². The Morgan fingerprint density at radius 1 is 0.882 bits per heavy atom. The van der Waals surface area contributed by atoms with E-state index < -0.39 is 0 Å². The van der Waals surface area contributed by atoms with Gasteiger partial charge in [0.15, 0.2) is 0 Å². The molecule has 2 heterocycles. The SMILES string of the molecule is O=c1c2ccccc2c(=O)n2n1C1C=CC2C1. The van der Waals surface area contributed by atoms with Crippen molar-refractivity contribution in [3.63, 3.8) is 0 Å². The Hall–Kier alpha value is -2.10. The highest BCUT2D eigenvalue weighted by Crippen LogP contribution is 2.35. The van der Waals surface area contributed by atoms with E-state index in [1.54, 1.807) is 33.6 Å². The zero-order chi connectivity index (χ0) is 11.6. The van der Waals surface area contributed by atoms with Crippen LogP contribution in [0, 0.1) is 0 Å². The molecule has 1 aliphatic heterocycles. The summed E-state index contributed by atoms with van der Waals surface area (Å²) in [7, 11) is 0. The number of allylic oxidation sites excluding steroid dienone is 2. The number of hydrogen-bond donors (Lipinski definition) is 0. The average molecular weight is 226 g/mol. The molecule has 2 bridgehead atoms. The highest BCUT2D eigenvalue weighted by molar-refractivity contribution is 5.80. The first-order valence-electron chi connectivity index (χ1n) is 5.72. The van der Waals surface area contributed by atoms with Gasteiger partial charge in [-0.1, -0.05) is 24.3 Å². The van der Waals surface area contributed by atoms with Crippen molar-refractivity contribution in [3.8, 4) is 0 Å². The fourth-order valence-electron chi connectivity index (χ4n) is 2.94. The Morgan fingerprint density at radius 3 is 1.82 bits per heavy atom. The van der Waals surface area contributed by atoms with Crippen LogP contribution >= 0.6 is 0 Å². The molecule has 0 saturated heterocycles. The molecule has 0 N–H and O–H groups in total. The largest absolute Gasteiger partial charge is 0.273 e. The molecule has 4 nitrogen and oxygen atoms in total. The van der Waals surface area contributed by atoms with Crippen molar-refractivity contribution in [1.29, 1.82) is 0 Å². The van der Waals surface area contributed by atoms with E-state index in [1.165, 1.54) is 0 Å². The third kappa shape index (κ3) is 0.934. The summed E-state index contributed by atoms with van der Waals surface area (Å²) in [5.74, 6) is 0. The van der Waals surface area contributed by atoms with E-state index in [1.807, 2.05) is 12.2 Å². The summed E-state index contributed by atoms with van der Waals surface area (Å²) in [5.41, 5.74) is -0.117. The first-order chi connectivity index (χ1) is 8.27. The number of nitrogens with zero attached hydrogens (tertiary/aromatic N) is 2. The van der Waals surface area contributed by atoms with Crippen molar-refractivity contribution >= 4 is 10.8 Å². The summed E-state index contributed by atoms with van der Waals surface area (Å²) in [4.78, 5) is 24.7. The first-order valence-corrected chi connectivity index (χ1v) is 5.72. The van der Waals surface area contributed by atoms with Gasteiger partial charge in [0.1, 0.15) is 0 Å². The Bertz CT molecular complexity index is 718. The molecule has 2 aliphatic rings. The fraction of sp³-hybridized carbons (Fsp3) is 0.231. The van der Waals surface area contributed by atoms with Crippen LogP contribution in [0.25, 0.3) is 10.8 Å². The van der Waals surface area contributed by atoms with Gasteiger partial charge in [0.25, 0.3) is 11.1 Å². The highest BCUT2D eigenvalue weighted by atomic mass is 16.2. The lowest BCUT2D eigenvalue weighted by Gasteiger charge is -2.16. The van der Waals surface area contributed by atoms with E-state index in [4.69, 9.17) is 0 Å². The minimum absolute atomic E-state index is 0.0583. The first kappa shape index (κ1) is 8.98. The molecule has 2 aromatic rings. The molecule has 17 heavy (non-hydrogen) atoms. The predicted molar refractivity (Wildman–Crippen MR) is 64.3 cm³/mol. The molecule has 1 aromatic heterocycles. The van der Waals surface area contributed by atoms with Crippen LogP contribution in [0.15, 0.2) is 46.0 Å². The van der Waals surface area contributed by atoms with Gasteiger partial charge < -0.3 is 0 Å². The van der Waals surface area contributed by atoms with E-state index >= 15 is 0 Å². The maximum absolute atomic E-state index is 12.3. The summed E-state index contributed by atoms with van der Waals surface area (Å²) in [5, 5.41) is 1.05. The van der Waals surface area contributed by atoms with Gasteiger partial charge in [-0.05, 0) is 18.6 Å². The molecule has 0 saturated carbocycles. The molecule has 2 unspecified atom stereocenters. The zero-order valence-corrected chi connectivity index (χ0v) is 9.04. The fourth-order valence-corrected chi connectivity index (χ4v) is 2.94. The molecule has 4 rings (SSSR count). The Morgan fingerprint density at radius 2 is 1.35 bits per heavy atom. The molecule has 0 radical (unpaired) electrons. The summed E-state index contributed by atoms with van der Waals surface area (Å²) >= 11 is 0. The van der Waals surface area contributed by atoms with Crippen LogP contribution in [0.3, 0.4) is 0 Å². The number of hydrogen-bond acceptors (Lipinski definition) is 2. The second kappa shape index (κ2) is 2.77. The molecule has 1 aromatic carbocycles. The average Bonchev–Trinajstić information content (AvgIpc) is 2.96. The normalized spacial score (nSPS) is 24.5. The van der Waals surface area contributed by atoms with Crippen molar-refractivity contribution in [2.75, 3.05) is 0 Å². The monoisotopic (exact) mass is 226 g/mol. The van der Waals surface area contributed by atoms with Gasteiger partial charge in [0.2, 0.25) is 0 Å². The van der Waals surface area contributed by atoms with E-state index in [0.29, 0.717) is 10.8 Å². The lowest BCUT2D eigenvalue weighted by molar-refractivity contribution is 0.486. The second-order valence-electron chi connectivity index (χ2n) is 4.60. The lowest BCUT2D eigenvalue weighted by atomic mass is 10.2.